The molecule has 3 aromatic heterocycles. The minimum Gasteiger partial charge on any atom is -0.492 e. The Bertz CT molecular complexity index is 1970. The zero-order valence-electron chi connectivity index (χ0n) is 24.5. The van der Waals surface area contributed by atoms with E-state index in [1.54, 1.807) is 35.0 Å². The molecule has 0 saturated carbocycles. The van der Waals surface area contributed by atoms with Crippen LogP contribution < -0.4 is 15.4 Å². The normalized spacial score (nSPS) is 11.1. The number of ether oxygens (including phenoxy) is 1. The van der Waals surface area contributed by atoms with Crippen LogP contribution in [-0.2, 0) is 0 Å². The van der Waals surface area contributed by atoms with Crippen LogP contribution in [0.15, 0.2) is 103 Å². The maximum atomic E-state index is 14.2. The predicted octanol–water partition coefficient (Wildman–Crippen LogP) is 6.67. The molecular formula is C34H29F2N7O2. The first-order valence-corrected chi connectivity index (χ1v) is 14.2. The third-order valence-electron chi connectivity index (χ3n) is 6.93. The minimum atomic E-state index is -0.942. The number of carbonyl (C=O) groups excluding carboxylic acids is 1. The zero-order valence-corrected chi connectivity index (χ0v) is 24.5. The van der Waals surface area contributed by atoms with Gasteiger partial charge in [0.25, 0.3) is 5.91 Å². The number of aromatic nitrogens is 4. The van der Waals surface area contributed by atoms with Gasteiger partial charge in [-0.15, -0.1) is 0 Å². The maximum absolute atomic E-state index is 14.2. The molecule has 11 heteroatoms. The summed E-state index contributed by atoms with van der Waals surface area (Å²) in [5.41, 5.74) is 3.88. The highest BCUT2D eigenvalue weighted by atomic mass is 19.1. The number of halogens is 2. The van der Waals surface area contributed by atoms with Crippen LogP contribution >= 0.6 is 0 Å². The van der Waals surface area contributed by atoms with Crippen LogP contribution in [0.2, 0.25) is 0 Å². The van der Waals surface area contributed by atoms with E-state index in [0.717, 1.165) is 41.2 Å². The van der Waals surface area contributed by atoms with Crippen molar-refractivity contribution in [3.63, 3.8) is 0 Å². The van der Waals surface area contributed by atoms with E-state index in [0.29, 0.717) is 35.2 Å². The van der Waals surface area contributed by atoms with Gasteiger partial charge in [0, 0.05) is 41.9 Å². The van der Waals surface area contributed by atoms with Crippen LogP contribution in [0.25, 0.3) is 28.0 Å². The molecule has 2 N–H and O–H groups in total. The first-order chi connectivity index (χ1) is 21.9. The molecule has 226 valence electrons. The Morgan fingerprint density at radius 3 is 2.51 bits per heavy atom. The monoisotopic (exact) mass is 605 g/mol. The smallest absolute Gasteiger partial charge is 0.261 e. The van der Waals surface area contributed by atoms with Crippen LogP contribution in [0, 0.1) is 11.6 Å². The zero-order chi connectivity index (χ0) is 31.3. The maximum Gasteiger partial charge on any atom is 0.261 e. The number of benzene rings is 3. The second kappa shape index (κ2) is 12.9. The van der Waals surface area contributed by atoms with Crippen molar-refractivity contribution in [1.29, 1.82) is 0 Å². The van der Waals surface area contributed by atoms with Gasteiger partial charge in [-0.05, 0) is 68.7 Å². The lowest BCUT2D eigenvalue weighted by molar-refractivity contribution is 0.101. The second-order valence-corrected chi connectivity index (χ2v) is 10.5. The number of fused-ring (bicyclic) bond motifs is 1. The first kappa shape index (κ1) is 29.4. The highest BCUT2D eigenvalue weighted by molar-refractivity contribution is 6.05. The summed E-state index contributed by atoms with van der Waals surface area (Å²) in [5, 5.41) is 10.7. The Hall–Kier alpha value is -5.68. The molecule has 0 fully saturated rings. The Morgan fingerprint density at radius 1 is 0.911 bits per heavy atom. The summed E-state index contributed by atoms with van der Waals surface area (Å²) < 4.78 is 36.1. The van der Waals surface area contributed by atoms with E-state index >= 15 is 0 Å². The molecule has 45 heavy (non-hydrogen) atoms. The van der Waals surface area contributed by atoms with E-state index in [4.69, 9.17) is 14.8 Å². The molecule has 3 aromatic carbocycles. The predicted molar refractivity (Wildman–Crippen MR) is 170 cm³/mol. The highest BCUT2D eigenvalue weighted by Crippen LogP contribution is 2.35. The number of anilines is 3. The average molecular weight is 606 g/mol. The van der Waals surface area contributed by atoms with Gasteiger partial charge in [-0.1, -0.05) is 30.3 Å². The van der Waals surface area contributed by atoms with Crippen molar-refractivity contribution in [3.05, 3.63) is 121 Å². The molecule has 0 aliphatic rings. The molecule has 0 aliphatic heterocycles. The Kier molecular flexibility index (Phi) is 8.43. The number of nitrogens with one attached hydrogen (secondary N) is 2. The molecule has 9 nitrogen and oxygen atoms in total. The van der Waals surface area contributed by atoms with Gasteiger partial charge in [0.05, 0.1) is 16.8 Å². The largest absolute Gasteiger partial charge is 0.492 e. The molecule has 0 atom stereocenters. The number of hydrogen-bond donors (Lipinski definition) is 2. The fourth-order valence-corrected chi connectivity index (χ4v) is 4.80. The second-order valence-electron chi connectivity index (χ2n) is 10.5. The van der Waals surface area contributed by atoms with E-state index in [-0.39, 0.29) is 0 Å². The Balaban J connectivity index is 1.32. The van der Waals surface area contributed by atoms with Crippen LogP contribution in [0.3, 0.4) is 0 Å². The Labute approximate surface area is 258 Å². The summed E-state index contributed by atoms with van der Waals surface area (Å²) in [4.78, 5) is 24.1. The lowest BCUT2D eigenvalue weighted by Crippen LogP contribution is -2.19. The van der Waals surface area contributed by atoms with Crippen LogP contribution in [0.1, 0.15) is 10.4 Å². The molecule has 0 bridgehead atoms. The van der Waals surface area contributed by atoms with E-state index in [1.807, 2.05) is 68.8 Å². The van der Waals surface area contributed by atoms with E-state index in [9.17, 15) is 13.6 Å². The number of hydrogen-bond acceptors (Lipinski definition) is 7. The summed E-state index contributed by atoms with van der Waals surface area (Å²) in [7, 11) is 3.98. The van der Waals surface area contributed by atoms with Crippen LogP contribution in [0.4, 0.5) is 26.1 Å². The highest BCUT2D eigenvalue weighted by Gasteiger charge is 2.20. The van der Waals surface area contributed by atoms with Gasteiger partial charge in [0.1, 0.15) is 35.2 Å². The number of nitrogens with zero attached hydrogens (tertiary/aromatic N) is 5. The van der Waals surface area contributed by atoms with Crippen molar-refractivity contribution in [1.82, 2.24) is 24.5 Å². The Morgan fingerprint density at radius 2 is 1.69 bits per heavy atom. The third kappa shape index (κ3) is 6.63. The van der Waals surface area contributed by atoms with Gasteiger partial charge >= 0.3 is 0 Å². The van der Waals surface area contributed by atoms with Gasteiger partial charge in [-0.3, -0.25) is 4.79 Å². The van der Waals surface area contributed by atoms with Crippen LogP contribution in [-0.4, -0.2) is 57.6 Å². The molecule has 6 aromatic rings. The molecule has 1 amide bonds. The molecule has 0 spiro atoms. The fourth-order valence-electron chi connectivity index (χ4n) is 4.80. The van der Waals surface area contributed by atoms with Crippen LogP contribution in [0.5, 0.6) is 5.75 Å². The van der Waals surface area contributed by atoms with Crippen molar-refractivity contribution < 1.29 is 18.3 Å². The quantitative estimate of drug-likeness (QED) is 0.180. The summed E-state index contributed by atoms with van der Waals surface area (Å²) in [6.45, 7) is 1.36. The average Bonchev–Trinajstić information content (AvgIpc) is 3.41. The first-order valence-electron chi connectivity index (χ1n) is 14.2. The number of rotatable bonds is 10. The van der Waals surface area contributed by atoms with Crippen molar-refractivity contribution in [3.8, 4) is 28.3 Å². The van der Waals surface area contributed by atoms with Gasteiger partial charge in [-0.2, -0.15) is 5.10 Å². The number of pyridine rings is 1. The van der Waals surface area contributed by atoms with E-state index < -0.39 is 23.1 Å². The third-order valence-corrected chi connectivity index (χ3v) is 6.93. The van der Waals surface area contributed by atoms with Crippen molar-refractivity contribution >= 4 is 28.7 Å². The summed E-state index contributed by atoms with van der Waals surface area (Å²) in [6.07, 6.45) is 3.50. The molecule has 3 heterocycles. The minimum absolute atomic E-state index is 0.348. The van der Waals surface area contributed by atoms with Crippen molar-refractivity contribution in [2.75, 3.05) is 37.9 Å². The molecule has 6 rings (SSSR count). The molecule has 0 radical (unpaired) electrons. The van der Waals surface area contributed by atoms with Gasteiger partial charge < -0.3 is 20.3 Å². The summed E-state index contributed by atoms with van der Waals surface area (Å²) in [6, 6.07) is 25.3. The lowest BCUT2D eigenvalue weighted by Gasteiger charge is -2.12. The number of likely N-dealkylation sites (N-methyl/N-ethyl adjacent to an activating group) is 1. The molecule has 0 unspecified atom stereocenters. The fraction of sp³-hybridized carbons (Fsp3) is 0.118. The lowest BCUT2D eigenvalue weighted by atomic mass is 10.0. The summed E-state index contributed by atoms with van der Waals surface area (Å²) >= 11 is 0. The van der Waals surface area contributed by atoms with E-state index in [1.165, 1.54) is 6.07 Å². The van der Waals surface area contributed by atoms with Gasteiger partial charge in [0.15, 0.2) is 0 Å². The van der Waals surface area contributed by atoms with Crippen molar-refractivity contribution in [2.24, 2.45) is 0 Å². The molecule has 0 saturated heterocycles. The number of carbonyl (C=O) groups is 1. The van der Waals surface area contributed by atoms with Crippen molar-refractivity contribution in [2.45, 2.75) is 0 Å². The topological polar surface area (TPSA) is 96.7 Å². The SMILES string of the molecule is CN(C)CCOc1cccc(Nc2nccc(-c3c(-c4cccc(NC(=O)c5c(F)cccc5F)c4)nn4ccccc34)n2)c1. The standard InChI is InChI=1S/C34H29F2N7O2/c1-42(2)18-19-45-25-11-6-10-24(21-25)39-34-37-16-15-28(40-34)31-29-14-3-4-17-43(29)41-32(31)22-8-5-9-23(20-22)38-33(44)30-26(35)12-7-13-27(30)36/h3-17,20-21H,18-19H2,1-2H3,(H,38,44)(H,37,39,40). The molecule has 0 aliphatic carbocycles. The number of amides is 1. The van der Waals surface area contributed by atoms with E-state index in [2.05, 4.69) is 20.5 Å². The van der Waals surface area contributed by atoms with Gasteiger partial charge in [0.2, 0.25) is 5.95 Å². The van der Waals surface area contributed by atoms with Gasteiger partial charge in [-0.25, -0.2) is 23.3 Å². The molecular weight excluding hydrogens is 576 g/mol. The summed E-state index contributed by atoms with van der Waals surface area (Å²) in [5.74, 6) is -1.66.